The zero-order valence-electron chi connectivity index (χ0n) is 20.1. The predicted octanol–water partition coefficient (Wildman–Crippen LogP) is -5.58. The Labute approximate surface area is 224 Å². The summed E-state index contributed by atoms with van der Waals surface area (Å²) in [4.78, 5) is 16.7. The van der Waals surface area contributed by atoms with Gasteiger partial charge in [0, 0.05) is 30.1 Å². The van der Waals surface area contributed by atoms with Gasteiger partial charge in [0.1, 0.15) is 0 Å². The summed E-state index contributed by atoms with van der Waals surface area (Å²) in [6.07, 6.45) is 0.968. The smallest absolute Gasteiger partial charge is 0.748 e. The van der Waals surface area contributed by atoms with Gasteiger partial charge in [0.2, 0.25) is 17.8 Å². The van der Waals surface area contributed by atoms with Crippen LogP contribution in [-0.2, 0) is 25.1 Å². The van der Waals surface area contributed by atoms with Crippen molar-refractivity contribution in [1.29, 1.82) is 0 Å². The average Bonchev–Trinajstić information content (AvgIpc) is 2.69. The molecule has 0 saturated heterocycles. The largest absolute Gasteiger partial charge is 1.00 e. The molecule has 0 fully saturated rings. The monoisotopic (exact) mass is 512 g/mol. The van der Waals surface area contributed by atoms with Crippen molar-refractivity contribution in [2.24, 2.45) is 0 Å². The van der Waals surface area contributed by atoms with Gasteiger partial charge in [0.25, 0.3) is 0 Å². The zero-order chi connectivity index (χ0) is 24.4. The number of rotatable bonds is 16. The minimum absolute atomic E-state index is 0. The molecule has 186 valence electrons. The molecule has 0 aromatic carbocycles. The Morgan fingerprint density at radius 2 is 1.12 bits per heavy atom. The third-order valence-electron chi connectivity index (χ3n) is 4.54. The Balaban J connectivity index is 0. The first-order valence-corrected chi connectivity index (χ1v) is 12.9. The Hall–Kier alpha value is -0.655. The molecule has 3 unspecified atom stereocenters. The van der Waals surface area contributed by atoms with Crippen LogP contribution in [0.1, 0.15) is 46.5 Å². The van der Waals surface area contributed by atoms with Crippen LogP contribution >= 0.6 is 0 Å². The molecule has 0 bridgehead atoms. The van der Waals surface area contributed by atoms with Crippen LogP contribution in [-0.4, -0.2) is 82.4 Å². The van der Waals surface area contributed by atoms with Crippen LogP contribution in [0.25, 0.3) is 0 Å². The van der Waals surface area contributed by atoms with Gasteiger partial charge in [-0.25, -0.2) is 21.7 Å². The van der Waals surface area contributed by atoms with Crippen molar-refractivity contribution in [2.45, 2.75) is 63.1 Å². The van der Waals surface area contributed by atoms with Crippen LogP contribution in [0, 0.1) is 0 Å². The molecule has 0 aliphatic rings. The molecule has 0 spiro atoms. The summed E-state index contributed by atoms with van der Waals surface area (Å²) >= 11 is 0. The fourth-order valence-electron chi connectivity index (χ4n) is 2.32. The van der Waals surface area contributed by atoms with Crippen LogP contribution in [0.5, 0.6) is 0 Å². The normalized spacial score (nSPS) is 14.2. The zero-order valence-corrected chi connectivity index (χ0v) is 21.8. The minimum Gasteiger partial charge on any atom is -0.748 e. The van der Waals surface area contributed by atoms with Crippen LogP contribution in [0.2, 0.25) is 0 Å². The van der Waals surface area contributed by atoms with Crippen molar-refractivity contribution in [2.75, 3.05) is 35.6 Å². The predicted molar refractivity (Wildman–Crippen MR) is 115 cm³/mol. The number of hydrogen-bond acceptors (Lipinski definition) is 14. The maximum absolute atomic E-state index is 11.0. The van der Waals surface area contributed by atoms with E-state index in [-0.39, 0.29) is 87.6 Å². The molecule has 3 atom stereocenters. The van der Waals surface area contributed by atoms with Crippen molar-refractivity contribution in [3.63, 3.8) is 0 Å². The topological polar surface area (TPSA) is 219 Å². The maximum atomic E-state index is 11.0. The fraction of sp³-hybridized carbons (Fsp3) is 0.812. The Bertz CT molecular complexity index is 864. The molecular weight excluding hydrogens is 482 g/mol. The molecular formula is C16H30Li2N6O8S2. The molecule has 18 heteroatoms. The standard InChI is InChI=1S/C16H32N6O8S2.2Li/c1-11(30-23)5-4-8-17-14-20-15(18-9-6-12(2)31(24,25)26)22-16(21-14)19-10-7-13(3)32(27,28)29;;/h11-13,23H,4-10H2,1-3H3,(H,24,25,26)(H,27,28,29)(H3,17,18,19,20,21,22);;/q;2*+1/p-2. The van der Waals surface area contributed by atoms with E-state index in [1.165, 1.54) is 13.8 Å². The summed E-state index contributed by atoms with van der Waals surface area (Å²) in [5.74, 6) is 0.408. The van der Waals surface area contributed by atoms with Crippen molar-refractivity contribution < 1.29 is 73.8 Å². The molecule has 4 N–H and O–H groups in total. The van der Waals surface area contributed by atoms with Gasteiger partial charge in [0.05, 0.1) is 26.3 Å². The first-order valence-electron chi connectivity index (χ1n) is 10.00. The maximum Gasteiger partial charge on any atom is 1.00 e. The minimum atomic E-state index is -4.40. The molecule has 0 saturated carbocycles. The van der Waals surface area contributed by atoms with Crippen LogP contribution < -0.4 is 53.7 Å². The summed E-state index contributed by atoms with van der Waals surface area (Å²) in [5.41, 5.74) is 0. The molecule has 0 aliphatic carbocycles. The van der Waals surface area contributed by atoms with E-state index in [0.717, 1.165) is 0 Å². The SMILES string of the molecule is CC(CCCNc1nc(NCCC(C)S(=O)(=O)[O-])nc(NCCC(C)S(=O)(=O)[O-])n1)OO.[Li+].[Li+]. The Morgan fingerprint density at radius 1 is 0.765 bits per heavy atom. The fourth-order valence-corrected chi connectivity index (χ4v) is 3.13. The van der Waals surface area contributed by atoms with E-state index in [9.17, 15) is 25.9 Å². The molecule has 1 aromatic heterocycles. The van der Waals surface area contributed by atoms with Gasteiger partial charge in [0.15, 0.2) is 0 Å². The van der Waals surface area contributed by atoms with Gasteiger partial charge >= 0.3 is 37.7 Å². The van der Waals surface area contributed by atoms with Crippen molar-refractivity contribution >= 4 is 38.1 Å². The number of anilines is 3. The molecule has 34 heavy (non-hydrogen) atoms. The molecule has 0 amide bonds. The van der Waals surface area contributed by atoms with Crippen molar-refractivity contribution in [3.05, 3.63) is 0 Å². The van der Waals surface area contributed by atoms with Crippen LogP contribution in [0.15, 0.2) is 0 Å². The number of aromatic nitrogens is 3. The molecule has 1 rings (SSSR count). The van der Waals surface area contributed by atoms with Gasteiger partial charge in [-0.1, -0.05) is 0 Å². The van der Waals surface area contributed by atoms with Gasteiger partial charge in [-0.05, 0) is 46.5 Å². The van der Waals surface area contributed by atoms with Crippen molar-refractivity contribution in [1.82, 2.24) is 15.0 Å². The van der Waals surface area contributed by atoms with E-state index in [1.807, 2.05) is 0 Å². The molecule has 0 radical (unpaired) electrons. The van der Waals surface area contributed by atoms with Crippen molar-refractivity contribution in [3.8, 4) is 0 Å². The number of nitrogens with zero attached hydrogens (tertiary/aromatic N) is 3. The second-order valence-corrected chi connectivity index (χ2v) is 10.9. The van der Waals surface area contributed by atoms with E-state index >= 15 is 0 Å². The number of hydrogen-bond donors (Lipinski definition) is 4. The first-order chi connectivity index (χ1) is 14.8. The summed E-state index contributed by atoms with van der Waals surface area (Å²) in [6, 6.07) is 0. The summed E-state index contributed by atoms with van der Waals surface area (Å²) in [5, 5.41) is 15.0. The van der Waals surface area contributed by atoms with Gasteiger partial charge in [-0.15, -0.1) is 0 Å². The van der Waals surface area contributed by atoms with E-state index in [1.54, 1.807) is 6.92 Å². The molecule has 0 aliphatic heterocycles. The third-order valence-corrected chi connectivity index (χ3v) is 6.98. The first kappa shape index (κ1) is 35.5. The second kappa shape index (κ2) is 16.9. The molecule has 1 aromatic rings. The third kappa shape index (κ3) is 14.7. The second-order valence-electron chi connectivity index (χ2n) is 7.33. The van der Waals surface area contributed by atoms with Crippen LogP contribution in [0.3, 0.4) is 0 Å². The average molecular weight is 512 g/mol. The molecule has 1 heterocycles. The quantitative estimate of drug-likeness (QED) is 0.0534. The summed E-state index contributed by atoms with van der Waals surface area (Å²) in [7, 11) is -8.80. The van der Waals surface area contributed by atoms with E-state index < -0.39 is 30.7 Å². The van der Waals surface area contributed by atoms with Crippen LogP contribution in [0.4, 0.5) is 17.8 Å². The van der Waals surface area contributed by atoms with Gasteiger partial charge in [-0.2, -0.15) is 15.0 Å². The Kier molecular flexibility index (Phi) is 17.7. The summed E-state index contributed by atoms with van der Waals surface area (Å²) in [6.45, 7) is 5.00. The van der Waals surface area contributed by atoms with E-state index in [2.05, 4.69) is 35.8 Å². The summed E-state index contributed by atoms with van der Waals surface area (Å²) < 4.78 is 66.0. The van der Waals surface area contributed by atoms with E-state index in [4.69, 9.17) is 5.26 Å². The van der Waals surface area contributed by atoms with E-state index in [0.29, 0.717) is 19.4 Å². The van der Waals surface area contributed by atoms with Gasteiger partial charge < -0.3 is 25.1 Å². The number of nitrogens with one attached hydrogen (secondary N) is 3. The van der Waals surface area contributed by atoms with Gasteiger partial charge in [-0.3, -0.25) is 5.26 Å². The molecule has 14 nitrogen and oxygen atoms in total. The Morgan fingerprint density at radius 3 is 1.44 bits per heavy atom.